The SMILES string of the molecule is O=C(NC1CCCCCC1)c1ccnc(NCc2ccccn2)n1. The van der Waals surface area contributed by atoms with Crippen molar-refractivity contribution in [3.8, 4) is 0 Å². The Hall–Kier alpha value is -2.50. The molecule has 0 saturated heterocycles. The van der Waals surface area contributed by atoms with Crippen molar-refractivity contribution < 1.29 is 4.79 Å². The Kier molecular flexibility index (Phi) is 5.71. The molecule has 2 heterocycles. The van der Waals surface area contributed by atoms with Crippen LogP contribution < -0.4 is 10.6 Å². The van der Waals surface area contributed by atoms with Crippen LogP contribution in [0.25, 0.3) is 0 Å². The number of carbonyl (C=O) groups excluding carboxylic acids is 1. The molecule has 2 aromatic rings. The van der Waals surface area contributed by atoms with E-state index in [9.17, 15) is 4.79 Å². The van der Waals surface area contributed by atoms with Gasteiger partial charge in [0.15, 0.2) is 0 Å². The predicted octanol–water partition coefficient (Wildman–Crippen LogP) is 2.94. The summed E-state index contributed by atoms with van der Waals surface area (Å²) >= 11 is 0. The van der Waals surface area contributed by atoms with Gasteiger partial charge in [-0.2, -0.15) is 0 Å². The van der Waals surface area contributed by atoms with Crippen molar-refractivity contribution in [3.05, 3.63) is 48.0 Å². The zero-order chi connectivity index (χ0) is 16.6. The Bertz CT molecular complexity index is 653. The maximum absolute atomic E-state index is 12.4. The fourth-order valence-electron chi connectivity index (χ4n) is 2.93. The lowest BCUT2D eigenvalue weighted by Crippen LogP contribution is -2.35. The minimum Gasteiger partial charge on any atom is -0.349 e. The number of hydrogen-bond acceptors (Lipinski definition) is 5. The highest BCUT2D eigenvalue weighted by Gasteiger charge is 2.16. The van der Waals surface area contributed by atoms with Crippen LogP contribution in [0.15, 0.2) is 36.7 Å². The maximum Gasteiger partial charge on any atom is 0.270 e. The van der Waals surface area contributed by atoms with Crippen molar-refractivity contribution in [3.63, 3.8) is 0 Å². The van der Waals surface area contributed by atoms with Crippen LogP contribution in [0.3, 0.4) is 0 Å². The number of nitrogens with one attached hydrogen (secondary N) is 2. The summed E-state index contributed by atoms with van der Waals surface area (Å²) in [5, 5.41) is 6.21. The second kappa shape index (κ2) is 8.38. The van der Waals surface area contributed by atoms with Crippen LogP contribution >= 0.6 is 0 Å². The Morgan fingerprint density at radius 3 is 2.62 bits per heavy atom. The minimum atomic E-state index is -0.120. The van der Waals surface area contributed by atoms with Crippen LogP contribution in [-0.4, -0.2) is 26.9 Å². The molecule has 1 saturated carbocycles. The zero-order valence-electron chi connectivity index (χ0n) is 13.7. The van der Waals surface area contributed by atoms with Crippen LogP contribution in [0.4, 0.5) is 5.95 Å². The lowest BCUT2D eigenvalue weighted by molar-refractivity contribution is 0.0928. The molecule has 0 atom stereocenters. The first-order valence-electron chi connectivity index (χ1n) is 8.59. The summed E-state index contributed by atoms with van der Waals surface area (Å²) < 4.78 is 0. The Morgan fingerprint density at radius 2 is 1.88 bits per heavy atom. The van der Waals surface area contributed by atoms with E-state index in [1.54, 1.807) is 18.5 Å². The van der Waals surface area contributed by atoms with Gasteiger partial charge in [-0.1, -0.05) is 31.7 Å². The lowest BCUT2D eigenvalue weighted by Gasteiger charge is -2.16. The van der Waals surface area contributed by atoms with Crippen molar-refractivity contribution in [2.24, 2.45) is 0 Å². The van der Waals surface area contributed by atoms with Gasteiger partial charge < -0.3 is 10.6 Å². The molecule has 0 bridgehead atoms. The topological polar surface area (TPSA) is 79.8 Å². The Balaban J connectivity index is 1.58. The van der Waals surface area contributed by atoms with Gasteiger partial charge in [-0.25, -0.2) is 9.97 Å². The highest BCUT2D eigenvalue weighted by molar-refractivity contribution is 5.92. The molecule has 0 spiro atoms. The van der Waals surface area contributed by atoms with Crippen molar-refractivity contribution in [1.82, 2.24) is 20.3 Å². The first-order chi connectivity index (χ1) is 11.8. The van der Waals surface area contributed by atoms with E-state index in [0.29, 0.717) is 18.2 Å². The molecule has 1 amide bonds. The summed E-state index contributed by atoms with van der Waals surface area (Å²) in [5.41, 5.74) is 1.30. The third kappa shape index (κ3) is 4.75. The molecule has 1 aliphatic rings. The second-order valence-corrected chi connectivity index (χ2v) is 6.10. The zero-order valence-corrected chi connectivity index (χ0v) is 13.7. The number of carbonyl (C=O) groups is 1. The van der Waals surface area contributed by atoms with Gasteiger partial charge in [0.1, 0.15) is 5.69 Å². The molecule has 2 N–H and O–H groups in total. The summed E-state index contributed by atoms with van der Waals surface area (Å²) in [7, 11) is 0. The first-order valence-corrected chi connectivity index (χ1v) is 8.59. The van der Waals surface area contributed by atoms with E-state index in [1.165, 1.54) is 25.7 Å². The number of aromatic nitrogens is 3. The van der Waals surface area contributed by atoms with E-state index in [-0.39, 0.29) is 11.9 Å². The monoisotopic (exact) mass is 325 g/mol. The van der Waals surface area contributed by atoms with E-state index in [2.05, 4.69) is 25.6 Å². The molecule has 24 heavy (non-hydrogen) atoms. The van der Waals surface area contributed by atoms with Crippen LogP contribution in [0, 0.1) is 0 Å². The molecule has 0 aliphatic heterocycles. The second-order valence-electron chi connectivity index (χ2n) is 6.10. The molecule has 2 aromatic heterocycles. The average Bonchev–Trinajstić information content (AvgIpc) is 2.90. The normalized spacial score (nSPS) is 15.5. The maximum atomic E-state index is 12.4. The van der Waals surface area contributed by atoms with Gasteiger partial charge in [0, 0.05) is 18.4 Å². The summed E-state index contributed by atoms with van der Waals surface area (Å²) in [6.45, 7) is 0.522. The predicted molar refractivity (Wildman–Crippen MR) is 92.6 cm³/mol. The fraction of sp³-hybridized carbons (Fsp3) is 0.444. The van der Waals surface area contributed by atoms with Crippen molar-refractivity contribution >= 4 is 11.9 Å². The quantitative estimate of drug-likeness (QED) is 0.826. The van der Waals surface area contributed by atoms with Gasteiger partial charge in [0.2, 0.25) is 5.95 Å². The van der Waals surface area contributed by atoms with Gasteiger partial charge in [0.25, 0.3) is 5.91 Å². The smallest absolute Gasteiger partial charge is 0.270 e. The molecule has 6 heteroatoms. The molecule has 3 rings (SSSR count). The lowest BCUT2D eigenvalue weighted by atomic mass is 10.1. The standard InChI is InChI=1S/C18H23N5O/c24-17(22-14-7-3-1-2-4-8-14)16-10-12-20-18(23-16)21-13-15-9-5-6-11-19-15/h5-6,9-12,14H,1-4,7-8,13H2,(H,22,24)(H,20,21,23). The van der Waals surface area contributed by atoms with Crippen LogP contribution in [0.2, 0.25) is 0 Å². The third-order valence-electron chi connectivity index (χ3n) is 4.23. The number of nitrogens with zero attached hydrogens (tertiary/aromatic N) is 3. The van der Waals surface area contributed by atoms with E-state index in [4.69, 9.17) is 0 Å². The summed E-state index contributed by atoms with van der Waals surface area (Å²) in [4.78, 5) is 25.1. The minimum absolute atomic E-state index is 0.120. The molecule has 1 fully saturated rings. The molecular weight excluding hydrogens is 302 g/mol. The molecule has 1 aliphatic carbocycles. The molecule has 0 unspecified atom stereocenters. The van der Waals surface area contributed by atoms with Crippen molar-refractivity contribution in [2.45, 2.75) is 51.1 Å². The Labute approximate surface area is 142 Å². The summed E-state index contributed by atoms with van der Waals surface area (Å²) in [6, 6.07) is 7.65. The van der Waals surface area contributed by atoms with Gasteiger partial charge in [-0.3, -0.25) is 9.78 Å². The number of hydrogen-bond donors (Lipinski definition) is 2. The van der Waals surface area contributed by atoms with Crippen LogP contribution in [0.5, 0.6) is 0 Å². The fourth-order valence-corrected chi connectivity index (χ4v) is 2.93. The van der Waals surface area contributed by atoms with Gasteiger partial charge in [0.05, 0.1) is 12.2 Å². The van der Waals surface area contributed by atoms with E-state index in [1.807, 2.05) is 18.2 Å². The number of amides is 1. The largest absolute Gasteiger partial charge is 0.349 e. The van der Waals surface area contributed by atoms with E-state index < -0.39 is 0 Å². The van der Waals surface area contributed by atoms with E-state index in [0.717, 1.165) is 18.5 Å². The van der Waals surface area contributed by atoms with Gasteiger partial charge in [-0.15, -0.1) is 0 Å². The van der Waals surface area contributed by atoms with Crippen LogP contribution in [-0.2, 0) is 6.54 Å². The molecular formula is C18H23N5O. The highest BCUT2D eigenvalue weighted by atomic mass is 16.1. The highest BCUT2D eigenvalue weighted by Crippen LogP contribution is 2.17. The Morgan fingerprint density at radius 1 is 1.04 bits per heavy atom. The third-order valence-corrected chi connectivity index (χ3v) is 4.23. The van der Waals surface area contributed by atoms with E-state index >= 15 is 0 Å². The number of anilines is 1. The number of pyridine rings is 1. The van der Waals surface area contributed by atoms with Gasteiger partial charge >= 0.3 is 0 Å². The van der Waals surface area contributed by atoms with Crippen molar-refractivity contribution in [2.75, 3.05) is 5.32 Å². The van der Waals surface area contributed by atoms with Crippen LogP contribution in [0.1, 0.15) is 54.7 Å². The van der Waals surface area contributed by atoms with Crippen molar-refractivity contribution in [1.29, 1.82) is 0 Å². The summed E-state index contributed by atoms with van der Waals surface area (Å²) in [6.07, 6.45) is 10.4. The molecule has 0 radical (unpaired) electrons. The molecule has 0 aromatic carbocycles. The average molecular weight is 325 g/mol. The van der Waals surface area contributed by atoms with Gasteiger partial charge in [-0.05, 0) is 31.0 Å². The molecule has 6 nitrogen and oxygen atoms in total. The number of rotatable bonds is 5. The first kappa shape index (κ1) is 16.4. The molecule has 126 valence electrons. The summed E-state index contributed by atoms with van der Waals surface area (Å²) in [5.74, 6) is 0.319.